The third-order valence-electron chi connectivity index (χ3n) is 3.85. The van der Waals surface area contributed by atoms with Gasteiger partial charge >= 0.3 is 6.18 Å². The smallest absolute Gasteiger partial charge is 0.356 e. The molecule has 0 saturated carbocycles. The van der Waals surface area contributed by atoms with Crippen molar-refractivity contribution in [3.05, 3.63) is 96.6 Å². The molecule has 0 radical (unpaired) electrons. The highest BCUT2D eigenvalue weighted by molar-refractivity contribution is 7.74. The summed E-state index contributed by atoms with van der Waals surface area (Å²) < 4.78 is 40.7. The molecule has 132 valence electrons. The summed E-state index contributed by atoms with van der Waals surface area (Å²) in [6, 6.07) is 23.3. The Morgan fingerprint density at radius 1 is 0.808 bits per heavy atom. The highest BCUT2D eigenvalue weighted by Crippen LogP contribution is 2.41. The standard InChI is InChI=1S/C21H17F3NP/c1-2-16-13-14-20(19(15-16)21(22,23)24)25-26(17-9-5-3-6-10-17)18-11-7-4-8-12-18/h2-15,25H,1H2. The summed E-state index contributed by atoms with van der Waals surface area (Å²) in [5.74, 6) is 0. The number of rotatable bonds is 5. The van der Waals surface area contributed by atoms with Crippen LogP contribution < -0.4 is 15.7 Å². The molecule has 0 atom stereocenters. The third kappa shape index (κ3) is 4.14. The van der Waals surface area contributed by atoms with Gasteiger partial charge in [-0.3, -0.25) is 0 Å². The lowest BCUT2D eigenvalue weighted by Crippen LogP contribution is -2.19. The normalized spacial score (nSPS) is 11.4. The van der Waals surface area contributed by atoms with Gasteiger partial charge in [0, 0.05) is 10.6 Å². The van der Waals surface area contributed by atoms with Gasteiger partial charge in [0.15, 0.2) is 0 Å². The van der Waals surface area contributed by atoms with Gasteiger partial charge in [-0.2, -0.15) is 13.2 Å². The lowest BCUT2D eigenvalue weighted by Gasteiger charge is -2.23. The van der Waals surface area contributed by atoms with Gasteiger partial charge < -0.3 is 5.09 Å². The molecule has 3 aromatic rings. The minimum absolute atomic E-state index is 0.0712. The maximum absolute atomic E-state index is 13.6. The summed E-state index contributed by atoms with van der Waals surface area (Å²) in [6.07, 6.45) is -3.04. The Bertz CT molecular complexity index is 837. The number of benzene rings is 3. The molecule has 0 saturated heterocycles. The van der Waals surface area contributed by atoms with Crippen LogP contribution in [-0.4, -0.2) is 0 Å². The van der Waals surface area contributed by atoms with Crippen molar-refractivity contribution in [1.29, 1.82) is 0 Å². The van der Waals surface area contributed by atoms with E-state index in [4.69, 9.17) is 0 Å². The van der Waals surface area contributed by atoms with Crippen molar-refractivity contribution >= 4 is 30.4 Å². The molecule has 0 fully saturated rings. The van der Waals surface area contributed by atoms with Crippen LogP contribution in [0.25, 0.3) is 6.08 Å². The Balaban J connectivity index is 2.07. The Kier molecular flexibility index (Phi) is 5.43. The maximum atomic E-state index is 13.6. The first-order valence-electron chi connectivity index (χ1n) is 7.99. The van der Waals surface area contributed by atoms with E-state index in [0.717, 1.165) is 16.7 Å². The van der Waals surface area contributed by atoms with Gasteiger partial charge in [-0.15, -0.1) is 0 Å². The average molecular weight is 371 g/mol. The van der Waals surface area contributed by atoms with Gasteiger partial charge in [-0.05, 0) is 17.7 Å². The first-order valence-corrected chi connectivity index (χ1v) is 9.34. The van der Waals surface area contributed by atoms with Crippen LogP contribution in [0.5, 0.6) is 0 Å². The van der Waals surface area contributed by atoms with Gasteiger partial charge in [0.2, 0.25) is 0 Å². The minimum atomic E-state index is -4.45. The summed E-state index contributed by atoms with van der Waals surface area (Å²) >= 11 is 0. The van der Waals surface area contributed by atoms with Crippen LogP contribution in [0.2, 0.25) is 0 Å². The number of anilines is 1. The quantitative estimate of drug-likeness (QED) is 0.558. The lowest BCUT2D eigenvalue weighted by molar-refractivity contribution is -0.136. The van der Waals surface area contributed by atoms with Crippen molar-refractivity contribution in [3.8, 4) is 0 Å². The number of nitrogens with one attached hydrogen (secondary N) is 1. The first-order chi connectivity index (χ1) is 12.5. The van der Waals surface area contributed by atoms with Crippen molar-refractivity contribution in [3.63, 3.8) is 0 Å². The maximum Gasteiger partial charge on any atom is 0.418 e. The molecule has 0 spiro atoms. The molecule has 26 heavy (non-hydrogen) atoms. The van der Waals surface area contributed by atoms with Gasteiger partial charge in [0.1, 0.15) is 0 Å². The molecule has 0 aliphatic rings. The zero-order chi connectivity index (χ0) is 18.6. The van der Waals surface area contributed by atoms with E-state index in [0.29, 0.717) is 5.56 Å². The fourth-order valence-electron chi connectivity index (χ4n) is 2.57. The van der Waals surface area contributed by atoms with Gasteiger partial charge in [-0.25, -0.2) is 0 Å². The predicted molar refractivity (Wildman–Crippen MR) is 104 cm³/mol. The van der Waals surface area contributed by atoms with E-state index in [1.165, 1.54) is 12.1 Å². The molecule has 0 unspecified atom stereocenters. The summed E-state index contributed by atoms with van der Waals surface area (Å²) in [7, 11) is -1.18. The zero-order valence-corrected chi connectivity index (χ0v) is 14.8. The molecule has 0 aliphatic heterocycles. The summed E-state index contributed by atoms with van der Waals surface area (Å²) in [5.41, 5.74) is -0.178. The van der Waals surface area contributed by atoms with Crippen LogP contribution in [0.4, 0.5) is 18.9 Å². The van der Waals surface area contributed by atoms with E-state index < -0.39 is 19.8 Å². The SMILES string of the molecule is C=Cc1ccc(NP(c2ccccc2)c2ccccc2)c(C(F)(F)F)c1. The van der Waals surface area contributed by atoms with Crippen molar-refractivity contribution in [2.24, 2.45) is 0 Å². The molecule has 0 aliphatic carbocycles. The third-order valence-corrected chi connectivity index (χ3v) is 5.94. The molecule has 0 bridgehead atoms. The molecular weight excluding hydrogens is 354 g/mol. The van der Waals surface area contributed by atoms with Gasteiger partial charge in [0.05, 0.1) is 19.3 Å². The lowest BCUT2D eigenvalue weighted by atomic mass is 10.1. The second-order valence-electron chi connectivity index (χ2n) is 5.63. The summed E-state index contributed by atoms with van der Waals surface area (Å²) in [5, 5.41) is 5.06. The van der Waals surface area contributed by atoms with Crippen LogP contribution in [0, 0.1) is 0 Å². The number of halogens is 3. The van der Waals surface area contributed by atoms with Crippen molar-refractivity contribution < 1.29 is 13.2 Å². The number of hydrogen-bond acceptors (Lipinski definition) is 1. The van der Waals surface area contributed by atoms with E-state index >= 15 is 0 Å². The second kappa shape index (κ2) is 7.76. The summed E-state index contributed by atoms with van der Waals surface area (Å²) in [6.45, 7) is 3.56. The van der Waals surface area contributed by atoms with Crippen LogP contribution in [0.15, 0.2) is 85.4 Å². The minimum Gasteiger partial charge on any atom is -0.356 e. The van der Waals surface area contributed by atoms with Crippen LogP contribution >= 0.6 is 8.07 Å². The topological polar surface area (TPSA) is 12.0 Å². The van der Waals surface area contributed by atoms with E-state index in [-0.39, 0.29) is 5.69 Å². The number of alkyl halides is 3. The highest BCUT2D eigenvalue weighted by Gasteiger charge is 2.34. The first kappa shape index (κ1) is 18.2. The van der Waals surface area contributed by atoms with Crippen LogP contribution in [0.3, 0.4) is 0 Å². The Morgan fingerprint density at radius 2 is 1.35 bits per heavy atom. The zero-order valence-electron chi connectivity index (χ0n) is 13.9. The van der Waals surface area contributed by atoms with Crippen molar-refractivity contribution in [1.82, 2.24) is 0 Å². The predicted octanol–water partition coefficient (Wildman–Crippen LogP) is 5.81. The fourth-order valence-corrected chi connectivity index (χ4v) is 4.51. The molecule has 0 aromatic heterocycles. The van der Waals surface area contributed by atoms with Crippen LogP contribution in [-0.2, 0) is 6.18 Å². The molecule has 1 nitrogen and oxygen atoms in total. The molecule has 0 heterocycles. The molecule has 0 amide bonds. The average Bonchev–Trinajstić information content (AvgIpc) is 2.66. The fraction of sp³-hybridized carbons (Fsp3) is 0.0476. The van der Waals surface area contributed by atoms with Crippen molar-refractivity contribution in [2.75, 3.05) is 5.09 Å². The van der Waals surface area contributed by atoms with Crippen LogP contribution in [0.1, 0.15) is 11.1 Å². The largest absolute Gasteiger partial charge is 0.418 e. The van der Waals surface area contributed by atoms with Gasteiger partial charge in [-0.1, -0.05) is 79.4 Å². The highest BCUT2D eigenvalue weighted by atomic mass is 31.1. The van der Waals surface area contributed by atoms with Gasteiger partial charge in [0.25, 0.3) is 0 Å². The molecular formula is C21H17F3NP. The van der Waals surface area contributed by atoms with E-state index in [1.54, 1.807) is 6.07 Å². The van der Waals surface area contributed by atoms with Crippen molar-refractivity contribution in [2.45, 2.75) is 6.18 Å². The Labute approximate surface area is 152 Å². The number of hydrogen-bond donors (Lipinski definition) is 1. The molecule has 3 aromatic carbocycles. The second-order valence-corrected chi connectivity index (χ2v) is 7.55. The van der Waals surface area contributed by atoms with E-state index in [2.05, 4.69) is 11.7 Å². The van der Waals surface area contributed by atoms with E-state index in [1.807, 2.05) is 60.7 Å². The summed E-state index contributed by atoms with van der Waals surface area (Å²) in [4.78, 5) is 0. The molecule has 1 N–H and O–H groups in total. The molecule has 3 rings (SSSR count). The Morgan fingerprint density at radius 3 is 1.81 bits per heavy atom. The van der Waals surface area contributed by atoms with E-state index in [9.17, 15) is 13.2 Å². The monoisotopic (exact) mass is 371 g/mol. The Hall–Kier alpha value is -2.58. The molecule has 5 heteroatoms.